The number of likely N-dealkylation sites (tertiary alicyclic amines) is 1. The van der Waals surface area contributed by atoms with Crippen molar-refractivity contribution in [2.45, 2.75) is 45.1 Å². The van der Waals surface area contributed by atoms with Gasteiger partial charge in [0, 0.05) is 25.2 Å². The lowest BCUT2D eigenvalue weighted by atomic mass is 10.1. The van der Waals surface area contributed by atoms with Crippen molar-refractivity contribution in [2.75, 3.05) is 25.0 Å². The molecule has 2 fully saturated rings. The van der Waals surface area contributed by atoms with Gasteiger partial charge in [-0.05, 0) is 63.3 Å². The van der Waals surface area contributed by atoms with Gasteiger partial charge in [-0.25, -0.2) is 4.98 Å². The van der Waals surface area contributed by atoms with E-state index in [1.807, 2.05) is 12.3 Å². The average molecular weight is 327 g/mol. The first-order chi connectivity index (χ1) is 11.7. The minimum absolute atomic E-state index is 0.201. The first kappa shape index (κ1) is 15.6. The zero-order valence-electron chi connectivity index (χ0n) is 14.4. The molecule has 2 aliphatic rings. The molecule has 128 valence electrons. The number of hydrogen-bond donors (Lipinski definition) is 1. The van der Waals surface area contributed by atoms with E-state index in [9.17, 15) is 0 Å². The van der Waals surface area contributed by atoms with Crippen molar-refractivity contribution < 1.29 is 4.52 Å². The summed E-state index contributed by atoms with van der Waals surface area (Å²) in [4.78, 5) is 11.4. The van der Waals surface area contributed by atoms with Crippen molar-refractivity contribution >= 4 is 5.82 Å². The van der Waals surface area contributed by atoms with Crippen LogP contribution < -0.4 is 5.32 Å². The second-order valence-electron chi connectivity index (χ2n) is 7.19. The Balaban J connectivity index is 1.30. The smallest absolute Gasteiger partial charge is 0.243 e. The average Bonchev–Trinajstić information content (AvgIpc) is 3.12. The molecule has 1 aliphatic carbocycles. The number of rotatable bonds is 6. The third kappa shape index (κ3) is 3.43. The molecule has 0 radical (unpaired) electrons. The van der Waals surface area contributed by atoms with E-state index in [0.29, 0.717) is 11.8 Å². The molecule has 6 heteroatoms. The lowest BCUT2D eigenvalue weighted by Gasteiger charge is -2.21. The van der Waals surface area contributed by atoms with Crippen LogP contribution in [0, 0.1) is 12.8 Å². The number of aromatic nitrogens is 3. The Bertz CT molecular complexity index is 696. The Morgan fingerprint density at radius 1 is 1.38 bits per heavy atom. The molecule has 1 N–H and O–H groups in total. The van der Waals surface area contributed by atoms with E-state index in [0.717, 1.165) is 37.2 Å². The number of hydrogen-bond acceptors (Lipinski definition) is 6. The topological polar surface area (TPSA) is 67.1 Å². The fourth-order valence-electron chi connectivity index (χ4n) is 3.34. The molecule has 6 nitrogen and oxygen atoms in total. The Kier molecular flexibility index (Phi) is 4.22. The van der Waals surface area contributed by atoms with Gasteiger partial charge in [0.15, 0.2) is 5.82 Å². The predicted molar refractivity (Wildman–Crippen MR) is 91.8 cm³/mol. The minimum Gasteiger partial charge on any atom is -0.370 e. The van der Waals surface area contributed by atoms with Crippen molar-refractivity contribution in [3.8, 4) is 0 Å². The monoisotopic (exact) mass is 327 g/mol. The quantitative estimate of drug-likeness (QED) is 0.879. The van der Waals surface area contributed by atoms with Gasteiger partial charge in [0.05, 0.1) is 6.04 Å². The van der Waals surface area contributed by atoms with Gasteiger partial charge in [-0.2, -0.15) is 4.98 Å². The molecule has 2 unspecified atom stereocenters. The Hall–Kier alpha value is -1.95. The second-order valence-corrected chi connectivity index (χ2v) is 7.19. The molecule has 1 saturated heterocycles. The van der Waals surface area contributed by atoms with Crippen LogP contribution in [0.5, 0.6) is 0 Å². The van der Waals surface area contributed by atoms with Crippen molar-refractivity contribution in [1.29, 1.82) is 0 Å². The van der Waals surface area contributed by atoms with Crippen LogP contribution in [0.1, 0.15) is 55.4 Å². The number of nitrogens with zero attached hydrogens (tertiary/aromatic N) is 4. The van der Waals surface area contributed by atoms with Crippen molar-refractivity contribution in [3.63, 3.8) is 0 Å². The third-order valence-corrected chi connectivity index (χ3v) is 5.11. The lowest BCUT2D eigenvalue weighted by molar-refractivity contribution is 0.203. The highest BCUT2D eigenvalue weighted by molar-refractivity contribution is 5.36. The lowest BCUT2D eigenvalue weighted by Crippen LogP contribution is -2.26. The summed E-state index contributed by atoms with van der Waals surface area (Å²) in [5, 5.41) is 7.61. The molecular formula is C18H25N5O. The van der Waals surface area contributed by atoms with Crippen LogP contribution in [0.15, 0.2) is 22.9 Å². The Morgan fingerprint density at radius 3 is 3.04 bits per heavy atom. The largest absolute Gasteiger partial charge is 0.370 e. The van der Waals surface area contributed by atoms with Gasteiger partial charge < -0.3 is 9.84 Å². The van der Waals surface area contributed by atoms with Gasteiger partial charge >= 0.3 is 0 Å². The van der Waals surface area contributed by atoms with Gasteiger partial charge in [-0.1, -0.05) is 5.16 Å². The van der Waals surface area contributed by atoms with E-state index >= 15 is 0 Å². The maximum atomic E-state index is 5.49. The molecule has 2 aromatic heterocycles. The fourth-order valence-corrected chi connectivity index (χ4v) is 3.34. The molecule has 4 rings (SSSR count). The minimum atomic E-state index is 0.201. The molecule has 0 aromatic carbocycles. The van der Waals surface area contributed by atoms with Crippen LogP contribution in [0.3, 0.4) is 0 Å². The van der Waals surface area contributed by atoms with Gasteiger partial charge in [0.25, 0.3) is 0 Å². The summed E-state index contributed by atoms with van der Waals surface area (Å²) in [6.07, 6.45) is 5.45. The van der Waals surface area contributed by atoms with Gasteiger partial charge in [-0.15, -0.1) is 0 Å². The summed E-state index contributed by atoms with van der Waals surface area (Å²) in [5.41, 5.74) is 1.23. The SMILES string of the molecule is Cc1ccnc(NCC2CCN(C(C)c3nc(C4CC4)no3)C2)c1. The number of aryl methyl sites for hydroxylation is 1. The molecule has 1 aliphatic heterocycles. The summed E-state index contributed by atoms with van der Waals surface area (Å²) in [5.74, 6) is 3.81. The molecule has 0 bridgehead atoms. The highest BCUT2D eigenvalue weighted by atomic mass is 16.5. The number of nitrogens with one attached hydrogen (secondary N) is 1. The van der Waals surface area contributed by atoms with Crippen LogP contribution in [0.2, 0.25) is 0 Å². The van der Waals surface area contributed by atoms with Gasteiger partial charge in [-0.3, -0.25) is 4.90 Å². The van der Waals surface area contributed by atoms with Crippen LogP contribution in [-0.4, -0.2) is 39.7 Å². The molecule has 24 heavy (non-hydrogen) atoms. The van der Waals surface area contributed by atoms with Crippen molar-refractivity contribution in [2.24, 2.45) is 5.92 Å². The molecule has 3 heterocycles. The van der Waals surface area contributed by atoms with E-state index in [1.165, 1.54) is 24.8 Å². The van der Waals surface area contributed by atoms with Gasteiger partial charge in [0.2, 0.25) is 5.89 Å². The molecule has 2 atom stereocenters. The van der Waals surface area contributed by atoms with Crippen LogP contribution in [0.4, 0.5) is 5.82 Å². The third-order valence-electron chi connectivity index (χ3n) is 5.11. The molecular weight excluding hydrogens is 302 g/mol. The van der Waals surface area contributed by atoms with E-state index in [-0.39, 0.29) is 6.04 Å². The van der Waals surface area contributed by atoms with E-state index in [2.05, 4.69) is 45.3 Å². The zero-order valence-corrected chi connectivity index (χ0v) is 14.4. The van der Waals surface area contributed by atoms with Crippen LogP contribution >= 0.6 is 0 Å². The Labute approximate surface area is 142 Å². The van der Waals surface area contributed by atoms with Crippen molar-refractivity contribution in [1.82, 2.24) is 20.0 Å². The zero-order chi connectivity index (χ0) is 16.5. The highest BCUT2D eigenvalue weighted by Crippen LogP contribution is 2.39. The molecule has 1 saturated carbocycles. The van der Waals surface area contributed by atoms with E-state index in [4.69, 9.17) is 4.52 Å². The van der Waals surface area contributed by atoms with Crippen molar-refractivity contribution in [3.05, 3.63) is 35.6 Å². The second kappa shape index (κ2) is 6.51. The summed E-state index contributed by atoms with van der Waals surface area (Å²) in [6.45, 7) is 7.35. The predicted octanol–water partition coefficient (Wildman–Crippen LogP) is 3.15. The standard InChI is InChI=1S/C18H25N5O/c1-12-5-7-19-16(9-12)20-10-14-6-8-23(11-14)13(2)18-21-17(22-24-18)15-3-4-15/h5,7,9,13-15H,3-4,6,8,10-11H2,1-2H3,(H,19,20). The molecule has 0 spiro atoms. The normalized spacial score (nSPS) is 22.7. The van der Waals surface area contributed by atoms with Gasteiger partial charge in [0.1, 0.15) is 5.82 Å². The molecule has 2 aromatic rings. The van der Waals surface area contributed by atoms with Crippen LogP contribution in [0.25, 0.3) is 0 Å². The first-order valence-electron chi connectivity index (χ1n) is 8.93. The summed E-state index contributed by atoms with van der Waals surface area (Å²) in [7, 11) is 0. The van der Waals surface area contributed by atoms with E-state index in [1.54, 1.807) is 0 Å². The van der Waals surface area contributed by atoms with E-state index < -0.39 is 0 Å². The Morgan fingerprint density at radius 2 is 2.25 bits per heavy atom. The number of pyridine rings is 1. The summed E-state index contributed by atoms with van der Waals surface area (Å²) >= 11 is 0. The molecule has 0 amide bonds. The summed E-state index contributed by atoms with van der Waals surface area (Å²) in [6, 6.07) is 4.31. The fraction of sp³-hybridized carbons (Fsp3) is 0.611. The summed E-state index contributed by atoms with van der Waals surface area (Å²) < 4.78 is 5.49. The van der Waals surface area contributed by atoms with Crippen LogP contribution in [-0.2, 0) is 0 Å². The number of anilines is 1. The maximum absolute atomic E-state index is 5.49. The first-order valence-corrected chi connectivity index (χ1v) is 8.93. The maximum Gasteiger partial charge on any atom is 0.243 e. The highest BCUT2D eigenvalue weighted by Gasteiger charge is 2.32.